The molecule has 1 unspecified atom stereocenters. The van der Waals surface area contributed by atoms with Gasteiger partial charge in [0, 0.05) is 16.7 Å². The summed E-state index contributed by atoms with van der Waals surface area (Å²) in [4.78, 5) is 15.1. The van der Waals surface area contributed by atoms with Crippen molar-refractivity contribution in [2.75, 3.05) is 0 Å². The van der Waals surface area contributed by atoms with Crippen molar-refractivity contribution in [2.24, 2.45) is 0 Å². The lowest BCUT2D eigenvalue weighted by atomic mass is 9.67. The molecule has 238 valence electrons. The Morgan fingerprint density at radius 3 is 1.63 bits per heavy atom. The van der Waals surface area contributed by atoms with Gasteiger partial charge in [-0.1, -0.05) is 182 Å². The molecule has 0 spiro atoms. The summed E-state index contributed by atoms with van der Waals surface area (Å²) in [6.45, 7) is 0. The Kier molecular flexibility index (Phi) is 6.71. The van der Waals surface area contributed by atoms with Gasteiger partial charge in [0.05, 0.1) is 5.41 Å². The fraction of sp³-hybridized carbons (Fsp3) is 0.0208. The van der Waals surface area contributed by atoms with Gasteiger partial charge in [-0.3, -0.25) is 0 Å². The molecular weight excluding hydrogens is 619 g/mol. The van der Waals surface area contributed by atoms with E-state index in [4.69, 9.17) is 15.0 Å². The van der Waals surface area contributed by atoms with Crippen molar-refractivity contribution in [1.29, 1.82) is 0 Å². The third-order valence-electron chi connectivity index (χ3n) is 10.4. The van der Waals surface area contributed by atoms with Gasteiger partial charge in [-0.15, -0.1) is 0 Å². The topological polar surface area (TPSA) is 38.7 Å². The molecule has 1 heterocycles. The third-order valence-corrected chi connectivity index (χ3v) is 10.4. The van der Waals surface area contributed by atoms with Crippen molar-refractivity contribution in [3.8, 4) is 45.3 Å². The van der Waals surface area contributed by atoms with Crippen LogP contribution in [0.5, 0.6) is 0 Å². The molecule has 0 N–H and O–H groups in total. The van der Waals surface area contributed by atoms with Crippen LogP contribution in [0.3, 0.4) is 0 Å². The van der Waals surface area contributed by atoms with Gasteiger partial charge in [-0.05, 0) is 61.0 Å². The van der Waals surface area contributed by atoms with E-state index in [0.29, 0.717) is 17.5 Å². The van der Waals surface area contributed by atoms with Gasteiger partial charge in [0.25, 0.3) is 0 Å². The minimum absolute atomic E-state index is 0.500. The first kappa shape index (κ1) is 29.2. The molecule has 51 heavy (non-hydrogen) atoms. The second kappa shape index (κ2) is 11.7. The molecule has 9 aromatic rings. The monoisotopic (exact) mass is 649 g/mol. The summed E-state index contributed by atoms with van der Waals surface area (Å²) in [5.41, 5.74) is 9.97. The zero-order valence-electron chi connectivity index (χ0n) is 27.7. The molecule has 3 nitrogen and oxygen atoms in total. The van der Waals surface area contributed by atoms with Gasteiger partial charge in [0.15, 0.2) is 17.5 Å². The lowest BCUT2D eigenvalue weighted by Gasteiger charge is -2.34. The summed E-state index contributed by atoms with van der Waals surface area (Å²) in [5.74, 6) is 1.95. The third kappa shape index (κ3) is 4.63. The summed E-state index contributed by atoms with van der Waals surface area (Å²) in [5, 5.41) is 4.86. The van der Waals surface area contributed by atoms with Gasteiger partial charge in [-0.25, -0.2) is 15.0 Å². The summed E-state index contributed by atoms with van der Waals surface area (Å²) in [6, 6.07) is 67.0. The van der Waals surface area contributed by atoms with Crippen molar-refractivity contribution in [2.45, 2.75) is 5.41 Å². The number of nitrogens with zero attached hydrogens (tertiary/aromatic N) is 3. The van der Waals surface area contributed by atoms with E-state index in [1.807, 2.05) is 18.2 Å². The minimum Gasteiger partial charge on any atom is -0.208 e. The van der Waals surface area contributed by atoms with Crippen LogP contribution in [0.25, 0.3) is 66.8 Å². The van der Waals surface area contributed by atoms with Crippen LogP contribution in [0.1, 0.15) is 22.3 Å². The molecule has 0 amide bonds. The Bertz CT molecular complexity index is 2740. The lowest BCUT2D eigenvalue weighted by Crippen LogP contribution is -2.28. The van der Waals surface area contributed by atoms with Crippen LogP contribution in [-0.4, -0.2) is 15.0 Å². The zero-order chi connectivity index (χ0) is 33.8. The normalized spacial score (nSPS) is 14.7. The van der Waals surface area contributed by atoms with E-state index >= 15 is 0 Å². The van der Waals surface area contributed by atoms with Crippen molar-refractivity contribution in [1.82, 2.24) is 15.0 Å². The highest BCUT2D eigenvalue weighted by Crippen LogP contribution is 2.57. The SMILES string of the molecule is c1ccc(-c2nc(-c3ccc(C4(c5ccccc5)c5ccccc5-c5c4ccc4ccccc54)cc3)nc(-c3ccc4ccccc4c3)n2)cc1. The molecule has 0 bridgehead atoms. The maximum Gasteiger partial charge on any atom is 0.164 e. The zero-order valence-corrected chi connectivity index (χ0v) is 27.7. The highest BCUT2D eigenvalue weighted by Gasteiger charge is 2.46. The Labute approximate surface area is 296 Å². The van der Waals surface area contributed by atoms with Crippen LogP contribution in [0.4, 0.5) is 0 Å². The van der Waals surface area contributed by atoms with Crippen LogP contribution in [0, 0.1) is 0 Å². The second-order valence-corrected chi connectivity index (χ2v) is 13.2. The summed E-state index contributed by atoms with van der Waals surface area (Å²) in [7, 11) is 0. The first-order chi connectivity index (χ1) is 25.3. The van der Waals surface area contributed by atoms with Gasteiger partial charge < -0.3 is 0 Å². The van der Waals surface area contributed by atoms with E-state index < -0.39 is 5.41 Å². The Balaban J connectivity index is 1.17. The van der Waals surface area contributed by atoms with E-state index in [2.05, 4.69) is 170 Å². The average Bonchev–Trinajstić information content (AvgIpc) is 3.53. The molecule has 10 rings (SSSR count). The van der Waals surface area contributed by atoms with Crippen LogP contribution in [0.2, 0.25) is 0 Å². The molecule has 1 aromatic heterocycles. The number of aromatic nitrogens is 3. The lowest BCUT2D eigenvalue weighted by molar-refractivity contribution is 0.769. The number of benzene rings is 8. The van der Waals surface area contributed by atoms with Crippen LogP contribution in [0.15, 0.2) is 188 Å². The van der Waals surface area contributed by atoms with Crippen LogP contribution < -0.4 is 0 Å². The smallest absolute Gasteiger partial charge is 0.164 e. The van der Waals surface area contributed by atoms with E-state index in [1.54, 1.807) is 0 Å². The Morgan fingerprint density at radius 2 is 0.863 bits per heavy atom. The van der Waals surface area contributed by atoms with Crippen molar-refractivity contribution in [3.63, 3.8) is 0 Å². The van der Waals surface area contributed by atoms with Gasteiger partial charge in [0.2, 0.25) is 0 Å². The molecule has 1 atom stereocenters. The summed E-state index contributed by atoms with van der Waals surface area (Å²) in [6.07, 6.45) is 0. The van der Waals surface area contributed by atoms with Crippen LogP contribution >= 0.6 is 0 Å². The largest absolute Gasteiger partial charge is 0.208 e. The molecular formula is C48H31N3. The first-order valence-electron chi connectivity index (χ1n) is 17.4. The molecule has 3 heteroatoms. The quantitative estimate of drug-likeness (QED) is 0.186. The number of rotatable bonds is 5. The molecule has 0 radical (unpaired) electrons. The highest BCUT2D eigenvalue weighted by molar-refractivity contribution is 6.04. The minimum atomic E-state index is -0.500. The van der Waals surface area contributed by atoms with E-state index in [9.17, 15) is 0 Å². The van der Waals surface area contributed by atoms with Crippen molar-refractivity contribution < 1.29 is 0 Å². The Morgan fingerprint density at radius 1 is 0.333 bits per heavy atom. The highest BCUT2D eigenvalue weighted by atomic mass is 15.0. The average molecular weight is 650 g/mol. The maximum absolute atomic E-state index is 5.09. The Hall–Kier alpha value is -6.71. The molecule has 1 aliphatic carbocycles. The molecule has 0 saturated heterocycles. The fourth-order valence-corrected chi connectivity index (χ4v) is 8.07. The van der Waals surface area contributed by atoms with Gasteiger partial charge in [0.1, 0.15) is 0 Å². The molecule has 0 saturated carbocycles. The van der Waals surface area contributed by atoms with Crippen molar-refractivity contribution in [3.05, 3.63) is 210 Å². The van der Waals surface area contributed by atoms with Gasteiger partial charge in [-0.2, -0.15) is 0 Å². The molecule has 1 aliphatic rings. The molecule has 8 aromatic carbocycles. The standard InChI is InChI=1S/C48H31N3/c1-3-15-34(16-4-1)45-49-46(51-47(50-45)37-24-23-32-13-7-8-17-36(32)31-37)35-25-28-39(29-26-35)48(38-18-5-2-6-19-38)42-22-12-11-21-41(42)44-40-20-10-9-14-33(40)27-30-43(44)48/h1-31H. The number of hydrogen-bond donors (Lipinski definition) is 0. The first-order valence-corrected chi connectivity index (χ1v) is 17.4. The van der Waals surface area contributed by atoms with E-state index in [0.717, 1.165) is 22.1 Å². The van der Waals surface area contributed by atoms with Gasteiger partial charge >= 0.3 is 0 Å². The van der Waals surface area contributed by atoms with Crippen LogP contribution in [-0.2, 0) is 5.41 Å². The fourth-order valence-electron chi connectivity index (χ4n) is 8.07. The number of hydrogen-bond acceptors (Lipinski definition) is 3. The predicted molar refractivity (Wildman–Crippen MR) is 208 cm³/mol. The molecule has 0 fully saturated rings. The summed E-state index contributed by atoms with van der Waals surface area (Å²) < 4.78 is 0. The number of fused-ring (bicyclic) bond motifs is 6. The predicted octanol–water partition coefficient (Wildman–Crippen LogP) is 11.5. The maximum atomic E-state index is 5.09. The van der Waals surface area contributed by atoms with E-state index in [-0.39, 0.29) is 0 Å². The van der Waals surface area contributed by atoms with E-state index in [1.165, 1.54) is 49.5 Å². The van der Waals surface area contributed by atoms with Crippen molar-refractivity contribution >= 4 is 21.5 Å². The second-order valence-electron chi connectivity index (χ2n) is 13.2. The molecule has 0 aliphatic heterocycles. The summed E-state index contributed by atoms with van der Waals surface area (Å²) >= 11 is 0.